The smallest absolute Gasteiger partial charge is 0.238 e. The maximum Gasteiger partial charge on any atom is 0.238 e. The van der Waals surface area contributed by atoms with Gasteiger partial charge in [-0.15, -0.1) is 0 Å². The molecule has 0 aromatic heterocycles. The predicted octanol–water partition coefficient (Wildman–Crippen LogP) is 3.76. The van der Waals surface area contributed by atoms with Gasteiger partial charge in [-0.2, -0.15) is 0 Å². The van der Waals surface area contributed by atoms with E-state index >= 15 is 0 Å². The molecule has 1 unspecified atom stereocenters. The van der Waals surface area contributed by atoms with Crippen LogP contribution in [0.4, 0.5) is 5.69 Å². The maximum atomic E-state index is 13.4. The zero-order valence-electron chi connectivity index (χ0n) is 22.1. The van der Waals surface area contributed by atoms with Crippen molar-refractivity contribution in [3.8, 4) is 0 Å². The second kappa shape index (κ2) is 14.9. The molecule has 40 heavy (non-hydrogen) atoms. The van der Waals surface area contributed by atoms with E-state index in [9.17, 15) is 14.4 Å². The topological polar surface area (TPSA) is 127 Å². The number of hydrogen-bond donors (Lipinski definition) is 2. The first-order chi connectivity index (χ1) is 18.8. The Labute approximate surface area is 244 Å². The van der Waals surface area contributed by atoms with Crippen LogP contribution in [0.15, 0.2) is 78.9 Å². The number of primary amides is 1. The van der Waals surface area contributed by atoms with Gasteiger partial charge in [0, 0.05) is 26.1 Å². The minimum absolute atomic E-state index is 0. The first kappa shape index (κ1) is 31.3. The van der Waals surface area contributed by atoms with Gasteiger partial charge in [-0.3, -0.25) is 24.2 Å². The summed E-state index contributed by atoms with van der Waals surface area (Å²) >= 11 is 12.3. The number of nitrogens with two attached hydrogens (primary N) is 1. The molecule has 1 fully saturated rings. The molecule has 212 valence electrons. The van der Waals surface area contributed by atoms with Crippen molar-refractivity contribution in [1.29, 1.82) is 0 Å². The largest absolute Gasteiger partial charge is 0.412 e. The van der Waals surface area contributed by atoms with E-state index in [1.54, 1.807) is 18.2 Å². The molecule has 0 aliphatic carbocycles. The molecule has 4 rings (SSSR count). The summed E-state index contributed by atoms with van der Waals surface area (Å²) < 4.78 is 0. The summed E-state index contributed by atoms with van der Waals surface area (Å²) in [7, 11) is 0. The molecule has 0 radical (unpaired) electrons. The van der Waals surface area contributed by atoms with Gasteiger partial charge in [-0.1, -0.05) is 89.9 Å². The Kier molecular flexibility index (Phi) is 11.7. The number of piperazine rings is 1. The lowest BCUT2D eigenvalue weighted by Crippen LogP contribution is -2.59. The highest BCUT2D eigenvalue weighted by molar-refractivity contribution is 6.39. The summed E-state index contributed by atoms with van der Waals surface area (Å²) in [5, 5.41) is 3.46. The summed E-state index contributed by atoms with van der Waals surface area (Å²) in [5.41, 5.74) is 8.03. The third kappa shape index (κ3) is 8.13. The lowest BCUT2D eigenvalue weighted by Gasteiger charge is -2.39. The molecule has 1 aliphatic rings. The van der Waals surface area contributed by atoms with E-state index in [0.717, 1.165) is 11.1 Å². The molecule has 10 heteroatoms. The van der Waals surface area contributed by atoms with Crippen molar-refractivity contribution in [2.75, 3.05) is 38.0 Å². The van der Waals surface area contributed by atoms with E-state index in [1.807, 2.05) is 70.5 Å². The highest BCUT2D eigenvalue weighted by Crippen LogP contribution is 2.30. The number of anilines is 1. The summed E-state index contributed by atoms with van der Waals surface area (Å²) in [6.07, 6.45) is 0.978. The average Bonchev–Trinajstić information content (AvgIpc) is 2.93. The molecule has 2 amide bonds. The quantitative estimate of drug-likeness (QED) is 0.354. The highest BCUT2D eigenvalue weighted by Gasteiger charge is 2.32. The minimum Gasteiger partial charge on any atom is -0.412 e. The van der Waals surface area contributed by atoms with Crippen LogP contribution in [0.3, 0.4) is 0 Å². The van der Waals surface area contributed by atoms with Crippen LogP contribution in [0.25, 0.3) is 0 Å². The van der Waals surface area contributed by atoms with Crippen LogP contribution in [0.5, 0.6) is 0 Å². The van der Waals surface area contributed by atoms with Crippen molar-refractivity contribution in [2.45, 2.75) is 24.8 Å². The van der Waals surface area contributed by atoms with Gasteiger partial charge < -0.3 is 16.5 Å². The lowest BCUT2D eigenvalue weighted by molar-refractivity contribution is -0.127. The van der Waals surface area contributed by atoms with Crippen molar-refractivity contribution in [3.05, 3.63) is 100 Å². The minimum atomic E-state index is -0.551. The third-order valence-electron chi connectivity index (χ3n) is 6.95. The molecular formula is C30H34Cl2N4O4. The van der Waals surface area contributed by atoms with Crippen molar-refractivity contribution in [2.24, 2.45) is 5.73 Å². The fourth-order valence-corrected chi connectivity index (χ4v) is 5.51. The van der Waals surface area contributed by atoms with Gasteiger partial charge >= 0.3 is 0 Å². The van der Waals surface area contributed by atoms with Gasteiger partial charge in [-0.25, -0.2) is 0 Å². The monoisotopic (exact) mass is 584 g/mol. The fourth-order valence-electron chi connectivity index (χ4n) is 5.01. The van der Waals surface area contributed by atoms with E-state index in [1.165, 1.54) is 0 Å². The second-order valence-corrected chi connectivity index (χ2v) is 10.5. The molecule has 0 spiro atoms. The Morgan fingerprint density at radius 2 is 1.45 bits per heavy atom. The number of carbonyl (C=O) groups excluding carboxylic acids is 3. The van der Waals surface area contributed by atoms with Crippen LogP contribution in [-0.4, -0.2) is 71.6 Å². The van der Waals surface area contributed by atoms with Gasteiger partial charge in [0.05, 0.1) is 28.2 Å². The van der Waals surface area contributed by atoms with Gasteiger partial charge in [-0.05, 0) is 36.2 Å². The number of Topliss-reactive ketones (excluding diaryl/α,β-unsaturated/α-hetero) is 1. The molecule has 3 aromatic rings. The second-order valence-electron chi connectivity index (χ2n) is 9.66. The van der Waals surface area contributed by atoms with E-state index < -0.39 is 11.9 Å². The fraction of sp³-hybridized carbons (Fsp3) is 0.300. The molecular weight excluding hydrogens is 551 g/mol. The number of nitrogens with one attached hydrogen (secondary N) is 1. The summed E-state index contributed by atoms with van der Waals surface area (Å²) in [5.74, 6) is -0.926. The van der Waals surface area contributed by atoms with Gasteiger partial charge in [0.2, 0.25) is 11.8 Å². The number of para-hydroxylation sites is 1. The standard InChI is InChI=1S/C30H32Cl2N4O3.H2O/c31-23-13-7-14-24(32)29(23)34-27(38)20-35-17-18-36(25(19-35)30(33)39)16-8-15-26(37)28(21-9-3-1-4-10-21)22-11-5-2-6-12-22;/h1-7,9-14,25,28H,8,15-20H2,(H2,33,39)(H,34,38);1H2. The molecule has 3 aromatic carbocycles. The normalized spacial score (nSPS) is 15.8. The Morgan fingerprint density at radius 1 is 0.875 bits per heavy atom. The number of carbonyl (C=O) groups is 3. The number of hydrogen-bond acceptors (Lipinski definition) is 5. The summed E-state index contributed by atoms with van der Waals surface area (Å²) in [4.78, 5) is 42.2. The van der Waals surface area contributed by atoms with Crippen LogP contribution < -0.4 is 11.1 Å². The molecule has 0 saturated carbocycles. The van der Waals surface area contributed by atoms with Gasteiger partial charge in [0.25, 0.3) is 0 Å². The summed E-state index contributed by atoms with van der Waals surface area (Å²) in [6.45, 7) is 2.10. The van der Waals surface area contributed by atoms with Crippen LogP contribution in [-0.2, 0) is 14.4 Å². The Bertz CT molecular complexity index is 1230. The Hall–Kier alpha value is -3.27. The van der Waals surface area contributed by atoms with E-state index in [4.69, 9.17) is 28.9 Å². The van der Waals surface area contributed by atoms with Crippen molar-refractivity contribution >= 4 is 46.5 Å². The Balaban J connectivity index is 0.00000441. The van der Waals surface area contributed by atoms with E-state index in [2.05, 4.69) is 5.32 Å². The first-order valence-corrected chi connectivity index (χ1v) is 13.7. The molecule has 1 heterocycles. The average molecular weight is 586 g/mol. The Morgan fingerprint density at radius 3 is 2.00 bits per heavy atom. The van der Waals surface area contributed by atoms with Crippen LogP contribution >= 0.6 is 23.2 Å². The van der Waals surface area contributed by atoms with Crippen LogP contribution in [0, 0.1) is 0 Å². The third-order valence-corrected chi connectivity index (χ3v) is 7.58. The maximum absolute atomic E-state index is 13.4. The molecule has 1 saturated heterocycles. The summed E-state index contributed by atoms with van der Waals surface area (Å²) in [6, 6.07) is 24.0. The lowest BCUT2D eigenvalue weighted by atomic mass is 9.86. The van der Waals surface area contributed by atoms with Crippen molar-refractivity contribution < 1.29 is 19.9 Å². The van der Waals surface area contributed by atoms with Crippen LogP contribution in [0.1, 0.15) is 29.9 Å². The predicted molar refractivity (Wildman–Crippen MR) is 159 cm³/mol. The number of nitrogens with zero attached hydrogens (tertiary/aromatic N) is 2. The van der Waals surface area contributed by atoms with Gasteiger partial charge in [0.15, 0.2) is 0 Å². The first-order valence-electron chi connectivity index (χ1n) is 13.0. The molecule has 5 N–H and O–H groups in total. The zero-order valence-corrected chi connectivity index (χ0v) is 23.6. The van der Waals surface area contributed by atoms with Crippen molar-refractivity contribution in [1.82, 2.24) is 9.80 Å². The number of ketones is 1. The molecule has 1 atom stereocenters. The van der Waals surface area contributed by atoms with Crippen LogP contribution in [0.2, 0.25) is 10.0 Å². The van der Waals surface area contributed by atoms with Crippen molar-refractivity contribution in [3.63, 3.8) is 0 Å². The van der Waals surface area contributed by atoms with E-state index in [0.29, 0.717) is 54.8 Å². The van der Waals surface area contributed by atoms with E-state index in [-0.39, 0.29) is 29.6 Å². The highest BCUT2D eigenvalue weighted by atomic mass is 35.5. The molecule has 8 nitrogen and oxygen atoms in total. The van der Waals surface area contributed by atoms with Gasteiger partial charge in [0.1, 0.15) is 11.8 Å². The number of rotatable bonds is 11. The number of halogens is 2. The zero-order chi connectivity index (χ0) is 27.8. The molecule has 1 aliphatic heterocycles. The SMILES string of the molecule is NC(=O)C1CN(CC(=O)Nc2c(Cl)cccc2Cl)CCN1CCCC(=O)C(c1ccccc1)c1ccccc1.O. The number of amides is 2. The number of benzene rings is 3. The molecule has 0 bridgehead atoms.